The molecule has 0 radical (unpaired) electrons. The topological polar surface area (TPSA) is 185 Å². The number of ether oxygens (including phenoxy) is 1. The first kappa shape index (κ1) is 32.7. The van der Waals surface area contributed by atoms with E-state index in [2.05, 4.69) is 0 Å². The number of carboxylic acids is 3. The zero-order chi connectivity index (χ0) is 30.5. The summed E-state index contributed by atoms with van der Waals surface area (Å²) in [6, 6.07) is 12.7. The van der Waals surface area contributed by atoms with Gasteiger partial charge in [0.25, 0.3) is 0 Å². The molecule has 0 aliphatic heterocycles. The van der Waals surface area contributed by atoms with Crippen LogP contribution in [0.1, 0.15) is 43.4 Å². The van der Waals surface area contributed by atoms with E-state index < -0.39 is 47.8 Å². The number of benzene rings is 2. The van der Waals surface area contributed by atoms with E-state index in [1.807, 2.05) is 42.5 Å². The normalized spacial score (nSPS) is 14.1. The third kappa shape index (κ3) is 9.87. The lowest BCUT2D eigenvalue weighted by Crippen LogP contribution is -2.56. The van der Waals surface area contributed by atoms with Gasteiger partial charge in [0.1, 0.15) is 6.04 Å². The van der Waals surface area contributed by atoms with Crippen LogP contribution in [-0.2, 0) is 48.0 Å². The number of amides is 1. The first-order valence-corrected chi connectivity index (χ1v) is 13.2. The smallest absolute Gasteiger partial charge is 0.328 e. The summed E-state index contributed by atoms with van der Waals surface area (Å²) in [5.74, 6) is -6.02. The van der Waals surface area contributed by atoms with Gasteiger partial charge in [-0.2, -0.15) is 0 Å². The van der Waals surface area contributed by atoms with Gasteiger partial charge in [0.2, 0.25) is 5.91 Å². The van der Waals surface area contributed by atoms with Crippen LogP contribution >= 0.6 is 0 Å². The van der Waals surface area contributed by atoms with Crippen molar-refractivity contribution in [2.45, 2.75) is 58.0 Å². The number of carboxylic acid groups (broad SMARTS) is 3. The highest BCUT2D eigenvalue weighted by molar-refractivity contribution is 6.03. The molecule has 0 bridgehead atoms. The molecule has 5 N–H and O–H groups in total. The lowest BCUT2D eigenvalue weighted by Gasteiger charge is -2.34. The van der Waals surface area contributed by atoms with Crippen molar-refractivity contribution in [1.29, 1.82) is 0 Å². The Bertz CT molecular complexity index is 1240. The Kier molecular flexibility index (Phi) is 12.7. The van der Waals surface area contributed by atoms with Gasteiger partial charge in [-0.05, 0) is 74.8 Å². The number of hydrogen-bond donors (Lipinski definition) is 4. The molecule has 0 saturated carbocycles. The fourth-order valence-electron chi connectivity index (χ4n) is 4.58. The minimum atomic E-state index is -1.44. The molecule has 0 aromatic heterocycles. The van der Waals surface area contributed by atoms with E-state index in [1.54, 1.807) is 13.0 Å². The number of nitrogens with zero attached hydrogens (tertiary/aromatic N) is 1. The van der Waals surface area contributed by atoms with Gasteiger partial charge >= 0.3 is 23.9 Å². The van der Waals surface area contributed by atoms with Gasteiger partial charge in [-0.1, -0.05) is 36.4 Å². The van der Waals surface area contributed by atoms with Crippen molar-refractivity contribution >= 4 is 35.5 Å². The van der Waals surface area contributed by atoms with Crippen LogP contribution in [-0.4, -0.2) is 63.8 Å². The van der Waals surface area contributed by atoms with Gasteiger partial charge in [0.15, 0.2) is 0 Å². The van der Waals surface area contributed by atoms with E-state index in [1.165, 1.54) is 17.4 Å². The van der Waals surface area contributed by atoms with Gasteiger partial charge < -0.3 is 25.8 Å². The Labute approximate surface area is 238 Å². The molecule has 11 nitrogen and oxygen atoms in total. The molecule has 2 aromatic rings. The number of esters is 1. The fraction of sp³-hybridized carbons (Fsp3) is 0.367. The number of carbonyl (C=O) groups is 5. The van der Waals surface area contributed by atoms with Gasteiger partial charge in [-0.3, -0.25) is 14.5 Å². The van der Waals surface area contributed by atoms with E-state index >= 15 is 0 Å². The van der Waals surface area contributed by atoms with E-state index in [4.69, 9.17) is 20.7 Å². The molecule has 1 aliphatic rings. The minimum absolute atomic E-state index is 0.118. The SMILES string of the molecule is CCOC(=O)[C@@H](CCc1ccccc1)C(C(=O)O)N(C(=O)[C@H](C)N)c1ccc2c(c1)CCC2.O=C(O)/C=C\C(=O)O. The van der Waals surface area contributed by atoms with Crippen LogP contribution in [0.15, 0.2) is 60.7 Å². The van der Waals surface area contributed by atoms with E-state index in [-0.39, 0.29) is 13.0 Å². The second kappa shape index (κ2) is 15.9. The molecule has 11 heteroatoms. The molecule has 3 rings (SSSR count). The third-order valence-electron chi connectivity index (χ3n) is 6.44. The van der Waals surface area contributed by atoms with Gasteiger partial charge in [0, 0.05) is 17.8 Å². The molecule has 220 valence electrons. The van der Waals surface area contributed by atoms with E-state index in [0.29, 0.717) is 24.3 Å². The highest BCUT2D eigenvalue weighted by Crippen LogP contribution is 2.31. The van der Waals surface area contributed by atoms with Crippen molar-refractivity contribution in [1.82, 2.24) is 0 Å². The highest BCUT2D eigenvalue weighted by Gasteiger charge is 2.42. The first-order chi connectivity index (χ1) is 19.5. The Balaban J connectivity index is 0.000000642. The summed E-state index contributed by atoms with van der Waals surface area (Å²) in [7, 11) is 0. The summed E-state index contributed by atoms with van der Waals surface area (Å²) in [4.78, 5) is 59.1. The number of rotatable bonds is 12. The molecule has 0 heterocycles. The monoisotopic (exact) mass is 568 g/mol. The number of anilines is 1. The molecular weight excluding hydrogens is 532 g/mol. The molecule has 41 heavy (non-hydrogen) atoms. The van der Waals surface area contributed by atoms with Crippen LogP contribution in [0.3, 0.4) is 0 Å². The van der Waals surface area contributed by atoms with Gasteiger partial charge in [-0.15, -0.1) is 0 Å². The first-order valence-electron chi connectivity index (χ1n) is 13.2. The van der Waals surface area contributed by atoms with Crippen molar-refractivity contribution < 1.29 is 44.0 Å². The summed E-state index contributed by atoms with van der Waals surface area (Å²) in [6.07, 6.45) is 4.65. The quantitative estimate of drug-likeness (QED) is 0.219. The summed E-state index contributed by atoms with van der Waals surface area (Å²) < 4.78 is 5.25. The second-order valence-electron chi connectivity index (χ2n) is 9.48. The van der Waals surface area contributed by atoms with Gasteiger partial charge in [0.05, 0.1) is 18.6 Å². The molecule has 2 aromatic carbocycles. The standard InChI is InChI=1S/C26H32N2O5.C4H4O4/c1-3-33-26(32)22(15-12-18-8-5-4-6-9-18)23(25(30)31)28(24(29)17(2)27)21-14-13-19-10-7-11-20(19)16-21;5-3(6)1-2-4(7)8/h4-6,8-9,13-14,16-17,22-23H,3,7,10-12,15,27H2,1-2H3,(H,30,31);1-2H,(H,5,6)(H,7,8)/b;2-1-/t17-,22-,23?;/m0./s1. The van der Waals surface area contributed by atoms with Crippen LogP contribution in [0.4, 0.5) is 5.69 Å². The maximum absolute atomic E-state index is 13.2. The average Bonchev–Trinajstić information content (AvgIpc) is 3.40. The van der Waals surface area contributed by atoms with Gasteiger partial charge in [-0.25, -0.2) is 14.4 Å². The van der Waals surface area contributed by atoms with Crippen LogP contribution in [0.5, 0.6) is 0 Å². The molecule has 1 unspecified atom stereocenters. The average molecular weight is 569 g/mol. The molecule has 0 fully saturated rings. The number of hydrogen-bond acceptors (Lipinski definition) is 7. The Hall–Kier alpha value is -4.51. The van der Waals surface area contributed by atoms with Crippen molar-refractivity contribution in [2.75, 3.05) is 11.5 Å². The molecule has 0 spiro atoms. The number of nitrogens with two attached hydrogens (primary N) is 1. The minimum Gasteiger partial charge on any atom is -0.480 e. The van der Waals surface area contributed by atoms with Crippen LogP contribution in [0.25, 0.3) is 0 Å². The third-order valence-corrected chi connectivity index (χ3v) is 6.44. The summed E-state index contributed by atoms with van der Waals surface area (Å²) in [5, 5.41) is 25.9. The van der Waals surface area contributed by atoms with E-state index in [0.717, 1.165) is 30.4 Å². The Morgan fingerprint density at radius 1 is 0.951 bits per heavy atom. The van der Waals surface area contributed by atoms with E-state index in [9.17, 15) is 29.1 Å². The summed E-state index contributed by atoms with van der Waals surface area (Å²) >= 11 is 0. The number of aliphatic carboxylic acids is 3. The Morgan fingerprint density at radius 2 is 1.56 bits per heavy atom. The number of fused-ring (bicyclic) bond motifs is 1. The lowest BCUT2D eigenvalue weighted by atomic mass is 9.90. The predicted octanol–water partition coefficient (Wildman–Crippen LogP) is 2.83. The molecular formula is C30H36N2O9. The molecule has 1 amide bonds. The van der Waals surface area contributed by atoms with Crippen molar-refractivity contribution in [2.24, 2.45) is 11.7 Å². The zero-order valence-electron chi connectivity index (χ0n) is 23.1. The highest BCUT2D eigenvalue weighted by atomic mass is 16.5. The fourth-order valence-corrected chi connectivity index (χ4v) is 4.58. The van der Waals surface area contributed by atoms with Crippen molar-refractivity contribution in [3.05, 3.63) is 77.4 Å². The van der Waals surface area contributed by atoms with Crippen LogP contribution in [0, 0.1) is 5.92 Å². The second-order valence-corrected chi connectivity index (χ2v) is 9.48. The predicted molar refractivity (Wildman–Crippen MR) is 150 cm³/mol. The van der Waals surface area contributed by atoms with Crippen LogP contribution in [0.2, 0.25) is 0 Å². The summed E-state index contributed by atoms with van der Waals surface area (Å²) in [5.41, 5.74) is 9.63. The Morgan fingerprint density at radius 3 is 2.10 bits per heavy atom. The maximum Gasteiger partial charge on any atom is 0.328 e. The van der Waals surface area contributed by atoms with Crippen molar-refractivity contribution in [3.63, 3.8) is 0 Å². The number of carbonyl (C=O) groups excluding carboxylic acids is 2. The summed E-state index contributed by atoms with van der Waals surface area (Å²) in [6.45, 7) is 3.31. The largest absolute Gasteiger partial charge is 0.480 e. The zero-order valence-corrected chi connectivity index (χ0v) is 23.1. The number of aryl methyl sites for hydroxylation is 3. The lowest BCUT2D eigenvalue weighted by molar-refractivity contribution is -0.155. The molecule has 0 saturated heterocycles. The van der Waals surface area contributed by atoms with Crippen molar-refractivity contribution in [3.8, 4) is 0 Å². The molecule has 1 aliphatic carbocycles. The maximum atomic E-state index is 13.2. The van der Waals surface area contributed by atoms with Crippen LogP contribution < -0.4 is 10.6 Å². The molecule has 3 atom stereocenters.